The van der Waals surface area contributed by atoms with Gasteiger partial charge in [0.25, 0.3) is 0 Å². The van der Waals surface area contributed by atoms with Gasteiger partial charge in [0.1, 0.15) is 0 Å². The number of aliphatic carboxylic acids is 1. The van der Waals surface area contributed by atoms with Gasteiger partial charge in [-0.2, -0.15) is 13.2 Å². The Balaban J connectivity index is 2.64. The third kappa shape index (κ3) is 2.50. The number of carboxylic acid groups (broad SMARTS) is 1. The lowest BCUT2D eigenvalue weighted by Crippen LogP contribution is -2.46. The molecule has 0 aromatic heterocycles. The zero-order valence-electron chi connectivity index (χ0n) is 9.08. The Labute approximate surface area is 115 Å². The lowest BCUT2D eigenvalue weighted by atomic mass is 9.97. The fourth-order valence-corrected chi connectivity index (χ4v) is 2.38. The van der Waals surface area contributed by atoms with E-state index in [1.807, 2.05) is 0 Å². The van der Waals surface area contributed by atoms with Gasteiger partial charge in [0.2, 0.25) is 0 Å². The maximum Gasteiger partial charge on any atom is 0.414 e. The zero-order chi connectivity index (χ0) is 14.4. The lowest BCUT2D eigenvalue weighted by molar-refractivity contribution is -0.148. The molecule has 0 saturated heterocycles. The van der Waals surface area contributed by atoms with Crippen molar-refractivity contribution in [2.75, 3.05) is 4.42 Å². The molecular weight excluding hydrogens is 306 g/mol. The van der Waals surface area contributed by atoms with Crippen LogP contribution in [0.2, 0.25) is 5.02 Å². The van der Waals surface area contributed by atoms with Crippen molar-refractivity contribution in [1.29, 1.82) is 0 Å². The van der Waals surface area contributed by atoms with Crippen LogP contribution in [0, 0.1) is 0 Å². The predicted octanol–water partition coefficient (Wildman–Crippen LogP) is 3.71. The molecule has 1 aliphatic rings. The van der Waals surface area contributed by atoms with Crippen LogP contribution in [0.4, 0.5) is 18.9 Å². The quantitative estimate of drug-likeness (QED) is 0.804. The minimum absolute atomic E-state index is 0.0541. The topological polar surface area (TPSA) is 40.5 Å². The van der Waals surface area contributed by atoms with Crippen molar-refractivity contribution >= 4 is 41.1 Å². The van der Waals surface area contributed by atoms with Crippen LogP contribution in [0.3, 0.4) is 0 Å². The van der Waals surface area contributed by atoms with Crippen LogP contribution in [0.1, 0.15) is 5.56 Å². The van der Waals surface area contributed by atoms with Gasteiger partial charge in [-0.3, -0.25) is 4.42 Å². The van der Waals surface area contributed by atoms with Crippen molar-refractivity contribution in [3.05, 3.63) is 34.4 Å². The highest BCUT2D eigenvalue weighted by atomic mass is 35.5. The number of anilines is 1. The van der Waals surface area contributed by atoms with Crippen LogP contribution in [0.5, 0.6) is 0 Å². The number of benzene rings is 1. The highest BCUT2D eigenvalue weighted by Gasteiger charge is 2.50. The summed E-state index contributed by atoms with van der Waals surface area (Å²) in [6.07, 6.45) is -3.87. The zero-order valence-corrected chi connectivity index (χ0v) is 10.6. The first-order chi connectivity index (χ1) is 8.71. The number of alkyl halides is 3. The minimum Gasteiger partial charge on any atom is -0.478 e. The molecule has 19 heavy (non-hydrogen) atoms. The van der Waals surface area contributed by atoms with E-state index in [9.17, 15) is 18.0 Å². The molecule has 0 bridgehead atoms. The summed E-state index contributed by atoms with van der Waals surface area (Å²) >= 11 is 11.4. The maximum atomic E-state index is 12.9. The molecular formula is C11H6Cl2F3NO2. The first-order valence-electron chi connectivity index (χ1n) is 4.98. The van der Waals surface area contributed by atoms with Gasteiger partial charge in [-0.05, 0) is 24.3 Å². The molecule has 1 aromatic carbocycles. The van der Waals surface area contributed by atoms with Crippen LogP contribution in [-0.4, -0.2) is 23.3 Å². The molecule has 1 aromatic rings. The summed E-state index contributed by atoms with van der Waals surface area (Å²) in [7, 11) is 0. The number of nitrogens with zero attached hydrogens (tertiary/aromatic N) is 1. The molecule has 0 aliphatic carbocycles. The standard InChI is InChI=1S/C11H6Cl2F3NO2/c12-6-1-2-8-5(3-6)4-7(10(18)19)9(17(8)13)11(14,15)16/h1-4,9H,(H,18,19). The van der Waals surface area contributed by atoms with E-state index in [1.165, 1.54) is 18.2 Å². The molecule has 8 heteroatoms. The van der Waals surface area contributed by atoms with Gasteiger partial charge in [-0.1, -0.05) is 11.6 Å². The summed E-state index contributed by atoms with van der Waals surface area (Å²) in [5.41, 5.74) is -0.573. The van der Waals surface area contributed by atoms with Crippen molar-refractivity contribution in [1.82, 2.24) is 0 Å². The van der Waals surface area contributed by atoms with E-state index in [0.29, 0.717) is 4.42 Å². The predicted molar refractivity (Wildman–Crippen MR) is 65.2 cm³/mol. The van der Waals surface area contributed by atoms with Gasteiger partial charge in [0, 0.05) is 22.4 Å². The normalized spacial score (nSPS) is 18.9. The van der Waals surface area contributed by atoms with E-state index in [0.717, 1.165) is 6.08 Å². The molecule has 2 rings (SSSR count). The highest BCUT2D eigenvalue weighted by molar-refractivity contribution is 6.31. The van der Waals surface area contributed by atoms with E-state index < -0.39 is 23.8 Å². The third-order valence-corrected chi connectivity index (χ3v) is 3.22. The van der Waals surface area contributed by atoms with E-state index in [1.54, 1.807) is 0 Å². The van der Waals surface area contributed by atoms with Crippen LogP contribution in [0.15, 0.2) is 23.8 Å². The molecule has 0 fully saturated rings. The van der Waals surface area contributed by atoms with E-state index in [4.69, 9.17) is 28.5 Å². The Morgan fingerprint density at radius 3 is 2.53 bits per heavy atom. The van der Waals surface area contributed by atoms with Crippen LogP contribution in [0.25, 0.3) is 6.08 Å². The second kappa shape index (κ2) is 4.61. The number of carboxylic acids is 1. The average Bonchev–Trinajstić information content (AvgIpc) is 2.25. The SMILES string of the molecule is O=C(O)C1=Cc2cc(Cl)ccc2N(Cl)C1C(F)(F)F. The van der Waals surface area contributed by atoms with Crippen molar-refractivity contribution in [2.45, 2.75) is 12.2 Å². The minimum atomic E-state index is -4.80. The number of fused-ring (bicyclic) bond motifs is 1. The monoisotopic (exact) mass is 311 g/mol. The summed E-state index contributed by atoms with van der Waals surface area (Å²) in [5.74, 6) is -1.68. The van der Waals surface area contributed by atoms with Crippen LogP contribution >= 0.6 is 23.4 Å². The fourth-order valence-electron chi connectivity index (χ4n) is 1.83. The Hall–Kier alpha value is -1.40. The number of hydrogen-bond acceptors (Lipinski definition) is 2. The van der Waals surface area contributed by atoms with Gasteiger partial charge >= 0.3 is 12.1 Å². The molecule has 3 nitrogen and oxygen atoms in total. The van der Waals surface area contributed by atoms with E-state index in [-0.39, 0.29) is 16.3 Å². The van der Waals surface area contributed by atoms with Crippen LogP contribution in [-0.2, 0) is 4.79 Å². The summed E-state index contributed by atoms with van der Waals surface area (Å²) in [6.45, 7) is 0. The van der Waals surface area contributed by atoms with Gasteiger partial charge in [0.15, 0.2) is 6.04 Å². The first-order valence-corrected chi connectivity index (χ1v) is 5.69. The number of rotatable bonds is 1. The Kier molecular flexibility index (Phi) is 3.40. The third-order valence-electron chi connectivity index (χ3n) is 2.61. The van der Waals surface area contributed by atoms with Gasteiger partial charge in [-0.15, -0.1) is 0 Å². The largest absolute Gasteiger partial charge is 0.478 e. The molecule has 1 unspecified atom stereocenters. The molecule has 1 aliphatic heterocycles. The molecule has 1 N–H and O–H groups in total. The van der Waals surface area contributed by atoms with Gasteiger partial charge in [0.05, 0.1) is 11.3 Å². The number of hydrogen-bond donors (Lipinski definition) is 1. The van der Waals surface area contributed by atoms with E-state index >= 15 is 0 Å². The van der Waals surface area contributed by atoms with Crippen LogP contribution < -0.4 is 4.42 Å². The Bertz CT molecular complexity index is 572. The molecule has 0 radical (unpaired) electrons. The second-order valence-electron chi connectivity index (χ2n) is 3.86. The summed E-state index contributed by atoms with van der Waals surface area (Å²) in [6, 6.07) is 1.63. The van der Waals surface area contributed by atoms with Crippen molar-refractivity contribution in [3.8, 4) is 0 Å². The van der Waals surface area contributed by atoms with Gasteiger partial charge < -0.3 is 5.11 Å². The first kappa shape index (κ1) is 14.0. The summed E-state index contributed by atoms with van der Waals surface area (Å²) in [4.78, 5) is 11.0. The molecule has 0 saturated carbocycles. The smallest absolute Gasteiger partial charge is 0.414 e. The lowest BCUT2D eigenvalue weighted by Gasteiger charge is -2.33. The molecule has 1 atom stereocenters. The Morgan fingerprint density at radius 2 is 2.00 bits per heavy atom. The van der Waals surface area contributed by atoms with Crippen molar-refractivity contribution < 1.29 is 23.1 Å². The fraction of sp³-hybridized carbons (Fsp3) is 0.182. The van der Waals surface area contributed by atoms with Crippen molar-refractivity contribution in [3.63, 3.8) is 0 Å². The average molecular weight is 312 g/mol. The number of halogens is 5. The van der Waals surface area contributed by atoms with E-state index in [2.05, 4.69) is 0 Å². The molecule has 0 amide bonds. The molecule has 0 spiro atoms. The Morgan fingerprint density at radius 1 is 1.37 bits per heavy atom. The molecule has 102 valence electrons. The second-order valence-corrected chi connectivity index (χ2v) is 4.66. The van der Waals surface area contributed by atoms with Crippen molar-refractivity contribution in [2.24, 2.45) is 0 Å². The maximum absolute atomic E-state index is 12.9. The molecule has 1 heterocycles. The summed E-state index contributed by atoms with van der Waals surface area (Å²) < 4.78 is 39.1. The summed E-state index contributed by atoms with van der Waals surface area (Å²) in [5, 5.41) is 9.17. The number of carbonyl (C=O) groups is 1. The van der Waals surface area contributed by atoms with Gasteiger partial charge in [-0.25, -0.2) is 4.79 Å². The highest BCUT2D eigenvalue weighted by Crippen LogP contribution is 2.41.